The lowest BCUT2D eigenvalue weighted by Crippen LogP contribution is -1.99. The molecule has 1 aromatic rings. The van der Waals surface area contributed by atoms with Crippen molar-refractivity contribution in [1.82, 2.24) is 0 Å². The summed E-state index contributed by atoms with van der Waals surface area (Å²) in [6.07, 6.45) is 3.95. The molecule has 1 aromatic carbocycles. The minimum absolute atomic E-state index is 0.719. The quantitative estimate of drug-likeness (QED) is 0.562. The molecule has 1 aliphatic carbocycles. The van der Waals surface area contributed by atoms with Crippen molar-refractivity contribution < 1.29 is 0 Å². The van der Waals surface area contributed by atoms with Crippen molar-refractivity contribution in [3.05, 3.63) is 28.8 Å². The zero-order valence-corrected chi connectivity index (χ0v) is 9.80. The number of nitrogens with one attached hydrogen (secondary N) is 1. The second kappa shape index (κ2) is 4.96. The van der Waals surface area contributed by atoms with E-state index in [1.165, 1.54) is 30.2 Å². The summed E-state index contributed by atoms with van der Waals surface area (Å²) >= 11 is 0. The molecule has 3 N–H and O–H groups in total. The topological polar surface area (TPSA) is 49.9 Å². The number of hydrogen-bond acceptors (Lipinski definition) is 2. The molecule has 2 heteroatoms. The summed E-state index contributed by atoms with van der Waals surface area (Å²) in [7, 11) is 0. The van der Waals surface area contributed by atoms with E-state index in [1.54, 1.807) is 0 Å². The molecule has 1 aliphatic rings. The number of nitrogens with two attached hydrogens (primary N) is 1. The molecular formula is C13H20N2. The average Bonchev–Trinajstić information content (AvgIpc) is 3.06. The molecule has 0 aromatic heterocycles. The van der Waals surface area contributed by atoms with Gasteiger partial charge in [0.05, 0.1) is 0 Å². The Labute approximate surface area is 92.0 Å². The molecule has 2 rings (SSSR count). The Bertz CT molecular complexity index is 352. The first-order chi connectivity index (χ1) is 7.24. The van der Waals surface area contributed by atoms with Gasteiger partial charge in [0.25, 0.3) is 0 Å². The number of benzene rings is 1. The zero-order valence-electron chi connectivity index (χ0n) is 9.80. The molecule has 0 bridgehead atoms. The van der Waals surface area contributed by atoms with Gasteiger partial charge in [0.1, 0.15) is 0 Å². The van der Waals surface area contributed by atoms with Gasteiger partial charge in [-0.05, 0) is 42.9 Å². The molecule has 0 atom stereocenters. The molecule has 0 aliphatic heterocycles. The summed E-state index contributed by atoms with van der Waals surface area (Å²) in [4.78, 5) is 0. The lowest BCUT2D eigenvalue weighted by atomic mass is 9.98. The Morgan fingerprint density at radius 2 is 1.93 bits per heavy atom. The minimum atomic E-state index is 0.719. The van der Waals surface area contributed by atoms with Gasteiger partial charge in [0, 0.05) is 17.5 Å². The van der Waals surface area contributed by atoms with Crippen molar-refractivity contribution in [1.29, 1.82) is 5.41 Å². The lowest BCUT2D eigenvalue weighted by Gasteiger charge is -2.09. The van der Waals surface area contributed by atoms with Crippen LogP contribution in [0.4, 0.5) is 5.69 Å². The molecule has 82 valence electrons. The fourth-order valence-corrected chi connectivity index (χ4v) is 1.79. The molecule has 1 saturated carbocycles. The van der Waals surface area contributed by atoms with Crippen LogP contribution in [0.15, 0.2) is 12.1 Å². The highest BCUT2D eigenvalue weighted by Crippen LogP contribution is 2.42. The van der Waals surface area contributed by atoms with E-state index >= 15 is 0 Å². The molecule has 0 radical (unpaired) electrons. The Hall–Kier alpha value is -1.31. The molecular weight excluding hydrogens is 184 g/mol. The normalized spacial score (nSPS) is 14.1. The second-order valence-corrected chi connectivity index (χ2v) is 3.70. The van der Waals surface area contributed by atoms with E-state index < -0.39 is 0 Å². The monoisotopic (exact) mass is 204 g/mol. The van der Waals surface area contributed by atoms with Crippen molar-refractivity contribution in [3.8, 4) is 0 Å². The minimum Gasteiger partial charge on any atom is -0.398 e. The lowest BCUT2D eigenvalue weighted by molar-refractivity contribution is 1.10. The van der Waals surface area contributed by atoms with E-state index in [0.29, 0.717) is 0 Å². The fraction of sp³-hybridized carbons (Fsp3) is 0.462. The van der Waals surface area contributed by atoms with E-state index in [0.717, 1.165) is 17.2 Å². The number of rotatable bonds is 2. The van der Waals surface area contributed by atoms with Crippen LogP contribution < -0.4 is 5.73 Å². The summed E-state index contributed by atoms with van der Waals surface area (Å²) in [5, 5.41) is 7.28. The van der Waals surface area contributed by atoms with Crippen molar-refractivity contribution >= 4 is 11.9 Å². The van der Waals surface area contributed by atoms with Crippen molar-refractivity contribution in [2.24, 2.45) is 0 Å². The van der Waals surface area contributed by atoms with Crippen molar-refractivity contribution in [2.45, 2.75) is 39.5 Å². The highest BCUT2D eigenvalue weighted by atomic mass is 14.6. The predicted octanol–water partition coefficient (Wildman–Crippen LogP) is 3.48. The van der Waals surface area contributed by atoms with Crippen LogP contribution in [0.1, 0.15) is 49.3 Å². The zero-order chi connectivity index (χ0) is 11.4. The highest BCUT2D eigenvalue weighted by Gasteiger charge is 2.25. The van der Waals surface area contributed by atoms with Gasteiger partial charge in [-0.1, -0.05) is 19.9 Å². The SMILES string of the molecule is CC.Cc1c(C2CC2)ccc(N)c1C=N. The summed E-state index contributed by atoms with van der Waals surface area (Å²) in [5.74, 6) is 0.735. The first-order valence-corrected chi connectivity index (χ1v) is 5.63. The van der Waals surface area contributed by atoms with Gasteiger partial charge in [0.15, 0.2) is 0 Å². The van der Waals surface area contributed by atoms with E-state index in [-0.39, 0.29) is 0 Å². The van der Waals surface area contributed by atoms with Gasteiger partial charge >= 0.3 is 0 Å². The van der Waals surface area contributed by atoms with Gasteiger partial charge < -0.3 is 11.1 Å². The molecule has 2 nitrogen and oxygen atoms in total. The van der Waals surface area contributed by atoms with Crippen molar-refractivity contribution in [3.63, 3.8) is 0 Å². The Kier molecular flexibility index (Phi) is 3.89. The largest absolute Gasteiger partial charge is 0.398 e. The predicted molar refractivity (Wildman–Crippen MR) is 66.8 cm³/mol. The Morgan fingerprint density at radius 3 is 2.40 bits per heavy atom. The van der Waals surface area contributed by atoms with Crippen LogP contribution >= 0.6 is 0 Å². The first kappa shape index (κ1) is 11.8. The fourth-order valence-electron chi connectivity index (χ4n) is 1.79. The maximum Gasteiger partial charge on any atom is 0.0405 e. The number of anilines is 1. The van der Waals surface area contributed by atoms with E-state index in [9.17, 15) is 0 Å². The third-order valence-electron chi connectivity index (χ3n) is 2.75. The van der Waals surface area contributed by atoms with Gasteiger partial charge in [-0.3, -0.25) is 0 Å². The molecule has 0 amide bonds. The van der Waals surface area contributed by atoms with Gasteiger partial charge in [0.2, 0.25) is 0 Å². The van der Waals surface area contributed by atoms with E-state index in [2.05, 4.69) is 13.0 Å². The van der Waals surface area contributed by atoms with Crippen LogP contribution in [-0.2, 0) is 0 Å². The molecule has 0 heterocycles. The maximum atomic E-state index is 7.28. The van der Waals surface area contributed by atoms with Gasteiger partial charge in [-0.25, -0.2) is 0 Å². The van der Waals surface area contributed by atoms with Crippen LogP contribution in [0.25, 0.3) is 0 Å². The van der Waals surface area contributed by atoms with Crippen LogP contribution in [0.5, 0.6) is 0 Å². The van der Waals surface area contributed by atoms with Crippen LogP contribution in [0.3, 0.4) is 0 Å². The molecule has 1 fully saturated rings. The first-order valence-electron chi connectivity index (χ1n) is 5.63. The molecule has 0 unspecified atom stereocenters. The molecule has 0 saturated heterocycles. The summed E-state index contributed by atoms with van der Waals surface area (Å²) in [6, 6.07) is 4.02. The van der Waals surface area contributed by atoms with E-state index in [4.69, 9.17) is 11.1 Å². The van der Waals surface area contributed by atoms with Crippen LogP contribution in [0, 0.1) is 12.3 Å². The third kappa shape index (κ3) is 2.38. The number of nitrogen functional groups attached to an aromatic ring is 1. The molecule has 15 heavy (non-hydrogen) atoms. The summed E-state index contributed by atoms with van der Waals surface area (Å²) < 4.78 is 0. The second-order valence-electron chi connectivity index (χ2n) is 3.70. The summed E-state index contributed by atoms with van der Waals surface area (Å²) in [5.41, 5.74) is 9.96. The third-order valence-corrected chi connectivity index (χ3v) is 2.75. The van der Waals surface area contributed by atoms with E-state index in [1.807, 2.05) is 19.9 Å². The molecule has 0 spiro atoms. The average molecular weight is 204 g/mol. The Balaban J connectivity index is 0.000000531. The van der Waals surface area contributed by atoms with Crippen molar-refractivity contribution in [2.75, 3.05) is 5.73 Å². The maximum absolute atomic E-state index is 7.28. The smallest absolute Gasteiger partial charge is 0.0405 e. The van der Waals surface area contributed by atoms with Crippen LogP contribution in [-0.4, -0.2) is 6.21 Å². The van der Waals surface area contributed by atoms with Crippen LogP contribution in [0.2, 0.25) is 0 Å². The number of hydrogen-bond donors (Lipinski definition) is 2. The van der Waals surface area contributed by atoms with Gasteiger partial charge in [-0.15, -0.1) is 0 Å². The van der Waals surface area contributed by atoms with Gasteiger partial charge in [-0.2, -0.15) is 0 Å². The highest BCUT2D eigenvalue weighted by molar-refractivity contribution is 5.87. The summed E-state index contributed by atoms with van der Waals surface area (Å²) in [6.45, 7) is 6.06. The standard InChI is InChI=1S/C11H14N2.C2H6/c1-7-9(8-2-3-8)4-5-11(13)10(7)6-12;1-2/h4-6,8,12H,2-3,13H2,1H3;1-2H3. The Morgan fingerprint density at radius 1 is 1.33 bits per heavy atom.